The Bertz CT molecular complexity index is 1200. The summed E-state index contributed by atoms with van der Waals surface area (Å²) in [4.78, 5) is 27.0. The number of esters is 1. The van der Waals surface area contributed by atoms with Crippen molar-refractivity contribution in [3.63, 3.8) is 0 Å². The zero-order chi connectivity index (χ0) is 25.4. The highest BCUT2D eigenvalue weighted by molar-refractivity contribution is 6.02. The second kappa shape index (κ2) is 9.10. The lowest BCUT2D eigenvalue weighted by Crippen LogP contribution is -2.31. The van der Waals surface area contributed by atoms with Crippen LogP contribution in [0.4, 0.5) is 10.5 Å². The molecule has 0 aliphatic carbocycles. The van der Waals surface area contributed by atoms with Gasteiger partial charge in [-0.15, -0.1) is 0 Å². The van der Waals surface area contributed by atoms with Crippen molar-refractivity contribution in [1.29, 1.82) is 0 Å². The number of rotatable bonds is 4. The Morgan fingerprint density at radius 1 is 0.941 bits per heavy atom. The van der Waals surface area contributed by atoms with Gasteiger partial charge in [0.15, 0.2) is 0 Å². The summed E-state index contributed by atoms with van der Waals surface area (Å²) in [5.74, 6) is -0.467. The number of hydrogen-bond donors (Lipinski definition) is 1. The van der Waals surface area contributed by atoms with Gasteiger partial charge in [-0.25, -0.2) is 9.59 Å². The summed E-state index contributed by atoms with van der Waals surface area (Å²) in [6.07, 6.45) is 1.14. The largest absolute Gasteiger partial charge is 0.459 e. The van der Waals surface area contributed by atoms with E-state index in [1.54, 1.807) is 6.20 Å². The predicted octanol–water partition coefficient (Wildman–Crippen LogP) is 4.89. The Morgan fingerprint density at radius 2 is 1.53 bits per heavy atom. The second-order valence-electron chi connectivity index (χ2n) is 10.5. The molecule has 182 valence electrons. The highest BCUT2D eigenvalue weighted by Crippen LogP contribution is 2.37. The van der Waals surface area contributed by atoms with Gasteiger partial charge in [0, 0.05) is 25.0 Å². The fourth-order valence-electron chi connectivity index (χ4n) is 3.62. The van der Waals surface area contributed by atoms with Crippen LogP contribution < -0.4 is 10.6 Å². The van der Waals surface area contributed by atoms with Gasteiger partial charge in [0.25, 0.3) is 0 Å². The molecule has 1 atom stereocenters. The SMILES string of the molecule is CN(C)c1c(-c2ccc(C(N)C(=O)OC(C)(C)C)cc2)ccc2c1cnn2C(=O)OC(C)(C)C. The quantitative estimate of drug-likeness (QED) is 0.546. The van der Waals surface area contributed by atoms with Crippen molar-refractivity contribution < 1.29 is 19.1 Å². The van der Waals surface area contributed by atoms with Crippen molar-refractivity contribution in [2.75, 3.05) is 19.0 Å². The fourth-order valence-corrected chi connectivity index (χ4v) is 3.62. The lowest BCUT2D eigenvalue weighted by atomic mass is 9.98. The highest BCUT2D eigenvalue weighted by Gasteiger charge is 2.25. The van der Waals surface area contributed by atoms with Crippen molar-refractivity contribution >= 4 is 28.7 Å². The number of nitrogens with two attached hydrogens (primary N) is 1. The number of aromatic nitrogens is 2. The molecule has 8 heteroatoms. The normalized spacial score (nSPS) is 13.0. The molecule has 2 N–H and O–H groups in total. The van der Waals surface area contributed by atoms with Gasteiger partial charge in [-0.05, 0) is 58.7 Å². The van der Waals surface area contributed by atoms with E-state index in [1.807, 2.05) is 96.9 Å². The Labute approximate surface area is 200 Å². The van der Waals surface area contributed by atoms with E-state index >= 15 is 0 Å². The van der Waals surface area contributed by atoms with E-state index in [9.17, 15) is 9.59 Å². The molecule has 0 saturated carbocycles. The maximum atomic E-state index is 12.6. The average Bonchev–Trinajstić information content (AvgIpc) is 3.14. The first-order chi connectivity index (χ1) is 15.7. The van der Waals surface area contributed by atoms with Crippen LogP contribution in [0.1, 0.15) is 53.1 Å². The average molecular weight is 467 g/mol. The third kappa shape index (κ3) is 5.56. The molecule has 2 aromatic carbocycles. The lowest BCUT2D eigenvalue weighted by molar-refractivity contribution is -0.156. The summed E-state index contributed by atoms with van der Waals surface area (Å²) >= 11 is 0. The third-order valence-electron chi connectivity index (χ3n) is 4.98. The van der Waals surface area contributed by atoms with E-state index in [-0.39, 0.29) is 0 Å². The van der Waals surface area contributed by atoms with Crippen LogP contribution in [0, 0.1) is 0 Å². The Morgan fingerprint density at radius 3 is 2.06 bits per heavy atom. The van der Waals surface area contributed by atoms with Crippen LogP contribution in [0.2, 0.25) is 0 Å². The second-order valence-corrected chi connectivity index (χ2v) is 10.5. The summed E-state index contributed by atoms with van der Waals surface area (Å²) in [7, 11) is 3.88. The number of hydrogen-bond acceptors (Lipinski definition) is 7. The zero-order valence-corrected chi connectivity index (χ0v) is 21.2. The van der Waals surface area contributed by atoms with Crippen molar-refractivity contribution in [2.24, 2.45) is 5.73 Å². The smallest absolute Gasteiger partial charge is 0.435 e. The molecule has 1 unspecified atom stereocenters. The summed E-state index contributed by atoms with van der Waals surface area (Å²) in [6.45, 7) is 10.9. The van der Waals surface area contributed by atoms with Crippen LogP contribution in [0.3, 0.4) is 0 Å². The van der Waals surface area contributed by atoms with Crippen molar-refractivity contribution in [3.8, 4) is 11.1 Å². The molecule has 0 bridgehead atoms. The molecule has 3 rings (SSSR count). The number of carbonyl (C=O) groups is 2. The summed E-state index contributed by atoms with van der Waals surface area (Å²) in [6, 6.07) is 10.4. The van der Waals surface area contributed by atoms with Crippen LogP contribution in [-0.2, 0) is 14.3 Å². The number of fused-ring (bicyclic) bond motifs is 1. The van der Waals surface area contributed by atoms with Crippen LogP contribution >= 0.6 is 0 Å². The summed E-state index contributed by atoms with van der Waals surface area (Å²) in [5.41, 5.74) is 9.04. The molecule has 0 fully saturated rings. The molecule has 34 heavy (non-hydrogen) atoms. The molecule has 1 heterocycles. The molecule has 3 aromatic rings. The number of anilines is 1. The van der Waals surface area contributed by atoms with Crippen molar-refractivity contribution in [2.45, 2.75) is 58.8 Å². The lowest BCUT2D eigenvalue weighted by Gasteiger charge is -2.22. The molecule has 0 amide bonds. The van der Waals surface area contributed by atoms with Crippen molar-refractivity contribution in [3.05, 3.63) is 48.2 Å². The van der Waals surface area contributed by atoms with Gasteiger partial charge in [-0.1, -0.05) is 30.3 Å². The standard InChI is InChI=1S/C26H34N4O4/c1-25(2,3)33-23(31)21(27)17-11-9-16(10-12-17)18-13-14-20-19(22(18)29(7)8)15-28-30(20)24(32)34-26(4,5)6/h9-15,21H,27H2,1-8H3. The van der Waals surface area contributed by atoms with Crippen LogP contribution in [0.15, 0.2) is 42.6 Å². The van der Waals surface area contributed by atoms with Gasteiger partial charge in [0.05, 0.1) is 17.4 Å². The topological polar surface area (TPSA) is 99.7 Å². The Kier molecular flexibility index (Phi) is 6.75. The van der Waals surface area contributed by atoms with Crippen LogP contribution in [-0.4, -0.2) is 47.1 Å². The number of carbonyl (C=O) groups excluding carboxylic acids is 2. The minimum absolute atomic E-state index is 0.467. The molecule has 8 nitrogen and oxygen atoms in total. The number of ether oxygens (including phenoxy) is 2. The summed E-state index contributed by atoms with van der Waals surface area (Å²) in [5, 5.41) is 5.11. The molecule has 0 spiro atoms. The Balaban J connectivity index is 1.98. The molecular formula is C26H34N4O4. The van der Waals surface area contributed by atoms with Crippen LogP contribution in [0.25, 0.3) is 22.0 Å². The minimum atomic E-state index is -0.865. The van der Waals surface area contributed by atoms with E-state index in [2.05, 4.69) is 5.10 Å². The van der Waals surface area contributed by atoms with Gasteiger partial charge in [-0.2, -0.15) is 9.78 Å². The fraction of sp³-hybridized carbons (Fsp3) is 0.423. The molecular weight excluding hydrogens is 432 g/mol. The molecule has 0 aliphatic rings. The zero-order valence-electron chi connectivity index (χ0n) is 21.2. The maximum Gasteiger partial charge on any atom is 0.435 e. The first-order valence-electron chi connectivity index (χ1n) is 11.2. The first kappa shape index (κ1) is 25.2. The van der Waals surface area contributed by atoms with Crippen LogP contribution in [0.5, 0.6) is 0 Å². The van der Waals surface area contributed by atoms with E-state index < -0.39 is 29.3 Å². The third-order valence-corrected chi connectivity index (χ3v) is 4.98. The minimum Gasteiger partial charge on any atom is -0.459 e. The van der Waals surface area contributed by atoms with E-state index in [0.717, 1.165) is 22.2 Å². The monoisotopic (exact) mass is 466 g/mol. The first-order valence-corrected chi connectivity index (χ1v) is 11.2. The van der Waals surface area contributed by atoms with E-state index in [0.29, 0.717) is 11.1 Å². The van der Waals surface area contributed by atoms with E-state index in [4.69, 9.17) is 15.2 Å². The molecule has 0 radical (unpaired) electrons. The van der Waals surface area contributed by atoms with E-state index in [1.165, 1.54) is 4.68 Å². The number of nitrogens with zero attached hydrogens (tertiary/aromatic N) is 3. The molecule has 0 saturated heterocycles. The van der Waals surface area contributed by atoms with Gasteiger partial charge in [0.2, 0.25) is 0 Å². The highest BCUT2D eigenvalue weighted by atomic mass is 16.6. The van der Waals surface area contributed by atoms with Gasteiger partial charge in [-0.3, -0.25) is 0 Å². The van der Waals surface area contributed by atoms with Gasteiger partial charge >= 0.3 is 12.1 Å². The molecule has 1 aromatic heterocycles. The van der Waals surface area contributed by atoms with Gasteiger partial charge in [0.1, 0.15) is 17.2 Å². The molecule has 0 aliphatic heterocycles. The predicted molar refractivity (Wildman–Crippen MR) is 134 cm³/mol. The maximum absolute atomic E-state index is 12.6. The summed E-state index contributed by atoms with van der Waals surface area (Å²) < 4.78 is 12.2. The Hall–Kier alpha value is -3.39. The van der Waals surface area contributed by atoms with Gasteiger partial charge < -0.3 is 20.1 Å². The van der Waals surface area contributed by atoms with Crippen molar-refractivity contribution in [1.82, 2.24) is 9.78 Å². The number of benzene rings is 2.